The minimum Gasteiger partial charge on any atom is -0.456 e. The Morgan fingerprint density at radius 3 is 1.62 bits per heavy atom. The Morgan fingerprint density at radius 2 is 0.828 bits per heavy atom. The van der Waals surface area contributed by atoms with Gasteiger partial charge in [-0.05, 0) is 109 Å². The van der Waals surface area contributed by atoms with E-state index in [4.69, 9.17) is 4.42 Å². The summed E-state index contributed by atoms with van der Waals surface area (Å²) < 4.78 is 6.20. The monoisotopic (exact) mass is 815 g/mol. The van der Waals surface area contributed by atoms with Crippen LogP contribution in [0.1, 0.15) is 0 Å². The molecule has 1 aromatic heterocycles. The molecule has 0 fully saturated rings. The number of nitrogens with zero attached hydrogens (tertiary/aromatic N) is 1. The summed E-state index contributed by atoms with van der Waals surface area (Å²) in [4.78, 5) is 2.48. The third kappa shape index (κ3) is 6.52. The molecule has 12 rings (SSSR count). The van der Waals surface area contributed by atoms with E-state index in [1.165, 1.54) is 43.8 Å². The zero-order chi connectivity index (χ0) is 42.4. The second kappa shape index (κ2) is 15.8. The Labute approximate surface area is 372 Å². The van der Waals surface area contributed by atoms with Crippen molar-refractivity contribution in [2.24, 2.45) is 0 Å². The van der Waals surface area contributed by atoms with Crippen molar-refractivity contribution in [1.82, 2.24) is 0 Å². The molecule has 0 N–H and O–H groups in total. The average molecular weight is 816 g/mol. The van der Waals surface area contributed by atoms with E-state index in [0.29, 0.717) is 0 Å². The van der Waals surface area contributed by atoms with Crippen LogP contribution in [0.2, 0.25) is 0 Å². The first-order valence-electron chi connectivity index (χ1n) is 21.9. The average Bonchev–Trinajstić information content (AvgIpc) is 3.75. The Hall–Kier alpha value is -8.46. The van der Waals surface area contributed by atoms with Crippen LogP contribution in [0.4, 0.5) is 17.1 Å². The molecule has 300 valence electrons. The van der Waals surface area contributed by atoms with E-state index in [1.54, 1.807) is 0 Å². The molecule has 0 unspecified atom stereocenters. The van der Waals surface area contributed by atoms with Crippen LogP contribution in [0.3, 0.4) is 0 Å². The Kier molecular flexibility index (Phi) is 9.20. The number of furan rings is 1. The zero-order valence-corrected chi connectivity index (χ0v) is 35.0. The van der Waals surface area contributed by atoms with Crippen LogP contribution >= 0.6 is 0 Å². The number of para-hydroxylation sites is 2. The van der Waals surface area contributed by atoms with Crippen molar-refractivity contribution in [1.29, 1.82) is 0 Å². The highest BCUT2D eigenvalue weighted by atomic mass is 16.3. The maximum atomic E-state index is 6.20. The first kappa shape index (κ1) is 37.3. The molecule has 64 heavy (non-hydrogen) atoms. The number of hydrogen-bond donors (Lipinski definition) is 0. The van der Waals surface area contributed by atoms with Gasteiger partial charge >= 0.3 is 0 Å². The number of rotatable bonds is 8. The molecule has 0 saturated heterocycles. The third-order valence-corrected chi connectivity index (χ3v) is 12.7. The summed E-state index contributed by atoms with van der Waals surface area (Å²) >= 11 is 0. The second-order valence-corrected chi connectivity index (χ2v) is 16.4. The minimum atomic E-state index is 0.896. The maximum Gasteiger partial charge on any atom is 0.135 e. The number of fused-ring (bicyclic) bond motifs is 5. The van der Waals surface area contributed by atoms with Crippen LogP contribution in [0.5, 0.6) is 0 Å². The highest BCUT2D eigenvalue weighted by Crippen LogP contribution is 2.49. The molecular formula is C62H41NO. The fourth-order valence-electron chi connectivity index (χ4n) is 9.66. The largest absolute Gasteiger partial charge is 0.456 e. The lowest BCUT2D eigenvalue weighted by atomic mass is 9.90. The van der Waals surface area contributed by atoms with E-state index in [2.05, 4.69) is 241 Å². The van der Waals surface area contributed by atoms with Gasteiger partial charge in [-0.1, -0.05) is 206 Å². The Balaban J connectivity index is 1.11. The van der Waals surface area contributed by atoms with Gasteiger partial charge in [-0.2, -0.15) is 0 Å². The molecule has 0 radical (unpaired) electrons. The third-order valence-electron chi connectivity index (χ3n) is 12.7. The van der Waals surface area contributed by atoms with E-state index in [-0.39, 0.29) is 0 Å². The molecule has 0 aliphatic carbocycles. The highest BCUT2D eigenvalue weighted by molar-refractivity contribution is 6.10. The van der Waals surface area contributed by atoms with Crippen molar-refractivity contribution in [2.75, 3.05) is 4.90 Å². The van der Waals surface area contributed by atoms with Crippen LogP contribution < -0.4 is 4.90 Å². The predicted molar refractivity (Wildman–Crippen MR) is 271 cm³/mol. The van der Waals surface area contributed by atoms with Gasteiger partial charge in [0, 0.05) is 27.6 Å². The molecule has 0 atom stereocenters. The molecule has 2 nitrogen and oxygen atoms in total. The van der Waals surface area contributed by atoms with Gasteiger partial charge in [0.1, 0.15) is 11.2 Å². The van der Waals surface area contributed by atoms with E-state index in [9.17, 15) is 0 Å². The second-order valence-electron chi connectivity index (χ2n) is 16.4. The van der Waals surface area contributed by atoms with E-state index in [1.807, 2.05) is 12.1 Å². The van der Waals surface area contributed by atoms with E-state index >= 15 is 0 Å². The lowest BCUT2D eigenvalue weighted by molar-refractivity contribution is 0.669. The molecule has 12 aromatic rings. The molecule has 11 aromatic carbocycles. The normalized spacial score (nSPS) is 11.4. The summed E-state index contributed by atoms with van der Waals surface area (Å²) in [5, 5.41) is 7.13. The van der Waals surface area contributed by atoms with E-state index < -0.39 is 0 Å². The molecule has 0 aliphatic rings. The first-order valence-corrected chi connectivity index (χ1v) is 21.9. The SMILES string of the molecule is c1ccc(-c2ccc(-c3cccc4ccccc34)cc2N(c2ccc(-c3ccc4oc5ccccc5c4c3)cc2)c2ccccc2-c2cccc3cccc(-c4ccccc4)c23)cc1. The minimum absolute atomic E-state index is 0.896. The summed E-state index contributed by atoms with van der Waals surface area (Å²) in [6, 6.07) is 90.0. The van der Waals surface area contributed by atoms with Gasteiger partial charge in [-0.3, -0.25) is 0 Å². The van der Waals surface area contributed by atoms with Crippen molar-refractivity contribution in [3.05, 3.63) is 249 Å². The Morgan fingerprint density at radius 1 is 0.266 bits per heavy atom. The summed E-state index contributed by atoms with van der Waals surface area (Å²) in [7, 11) is 0. The maximum absolute atomic E-state index is 6.20. The fraction of sp³-hybridized carbons (Fsp3) is 0. The van der Waals surface area contributed by atoms with Gasteiger partial charge in [0.15, 0.2) is 0 Å². The molecule has 2 heteroatoms. The number of hydrogen-bond acceptors (Lipinski definition) is 2. The van der Waals surface area contributed by atoms with Gasteiger partial charge < -0.3 is 9.32 Å². The zero-order valence-electron chi connectivity index (χ0n) is 35.0. The molecule has 1 heterocycles. The van der Waals surface area contributed by atoms with Crippen molar-refractivity contribution in [3.63, 3.8) is 0 Å². The lowest BCUT2D eigenvalue weighted by Gasteiger charge is -2.31. The van der Waals surface area contributed by atoms with Gasteiger partial charge in [-0.25, -0.2) is 0 Å². The fourth-order valence-corrected chi connectivity index (χ4v) is 9.66. The molecule has 0 saturated carbocycles. The lowest BCUT2D eigenvalue weighted by Crippen LogP contribution is -2.13. The molecule has 0 aliphatic heterocycles. The van der Waals surface area contributed by atoms with Crippen LogP contribution in [0, 0.1) is 0 Å². The van der Waals surface area contributed by atoms with Gasteiger partial charge in [0.2, 0.25) is 0 Å². The van der Waals surface area contributed by atoms with Crippen molar-refractivity contribution < 1.29 is 4.42 Å². The molecule has 0 spiro atoms. The molecular weight excluding hydrogens is 775 g/mol. The first-order chi connectivity index (χ1) is 31.7. The highest BCUT2D eigenvalue weighted by Gasteiger charge is 2.23. The van der Waals surface area contributed by atoms with Crippen LogP contribution in [0.15, 0.2) is 253 Å². The van der Waals surface area contributed by atoms with Crippen LogP contribution in [-0.4, -0.2) is 0 Å². The number of anilines is 3. The Bertz CT molecular complexity index is 3650. The topological polar surface area (TPSA) is 16.4 Å². The smallest absolute Gasteiger partial charge is 0.135 e. The quantitative estimate of drug-likeness (QED) is 0.152. The number of benzene rings is 11. The van der Waals surface area contributed by atoms with Crippen molar-refractivity contribution in [3.8, 4) is 55.6 Å². The van der Waals surface area contributed by atoms with Crippen molar-refractivity contribution >= 4 is 60.5 Å². The van der Waals surface area contributed by atoms with Crippen LogP contribution in [-0.2, 0) is 0 Å². The molecule has 0 amide bonds. The standard InChI is InChI=1S/C62H41NO/c1-3-16-44(17-4-1)52-38-34-48(51-27-13-21-43-20-7-8-24-50(43)51)41-59(52)63(49-36-32-42(33-37-49)47-35-39-61-57(40-47)55-26-10-12-31-60(55)64-61)58-30-11-9-25-54(58)56-29-15-23-46-22-14-28-53(62(46)56)45-18-5-2-6-19-45/h1-41H. The molecule has 0 bridgehead atoms. The van der Waals surface area contributed by atoms with Crippen molar-refractivity contribution in [2.45, 2.75) is 0 Å². The van der Waals surface area contributed by atoms with Gasteiger partial charge in [0.05, 0.1) is 11.4 Å². The van der Waals surface area contributed by atoms with E-state index in [0.717, 1.165) is 72.4 Å². The van der Waals surface area contributed by atoms with Crippen LogP contribution in [0.25, 0.3) is 99.1 Å². The predicted octanol–water partition coefficient (Wildman–Crippen LogP) is 17.7. The van der Waals surface area contributed by atoms with Gasteiger partial charge in [-0.15, -0.1) is 0 Å². The summed E-state index contributed by atoms with van der Waals surface area (Å²) in [5.41, 5.74) is 16.7. The summed E-state index contributed by atoms with van der Waals surface area (Å²) in [6.07, 6.45) is 0. The van der Waals surface area contributed by atoms with Gasteiger partial charge in [0.25, 0.3) is 0 Å². The summed E-state index contributed by atoms with van der Waals surface area (Å²) in [5.74, 6) is 0. The summed E-state index contributed by atoms with van der Waals surface area (Å²) in [6.45, 7) is 0.